The minimum Gasteiger partial charge on any atom is -0.508 e. The maximum absolute atomic E-state index is 14.4. The van der Waals surface area contributed by atoms with Gasteiger partial charge >= 0.3 is 6.36 Å². The van der Waals surface area contributed by atoms with Crippen LogP contribution in [0.15, 0.2) is 88.9 Å². The number of phenolic OH excluding ortho intramolecular Hbond substituents is 1. The summed E-state index contributed by atoms with van der Waals surface area (Å²) in [6.45, 7) is 1.58. The van der Waals surface area contributed by atoms with Gasteiger partial charge in [-0.2, -0.15) is 0 Å². The number of hydrogen-bond donors (Lipinski definition) is 1. The first-order valence-corrected chi connectivity index (χ1v) is 15.5. The van der Waals surface area contributed by atoms with Gasteiger partial charge in [0.15, 0.2) is 0 Å². The van der Waals surface area contributed by atoms with Crippen LogP contribution < -0.4 is 14.5 Å². The molecule has 7 rings (SSSR count). The van der Waals surface area contributed by atoms with Crippen molar-refractivity contribution in [3.05, 3.63) is 94.5 Å². The molecule has 4 amide bonds. The number of carbonyl (C=O) groups is 4. The second kappa shape index (κ2) is 10.5. The number of imide groups is 2. The molecule has 0 spiro atoms. The fraction of sp³-hybridized carbons (Fsp3) is 0.294. The smallest absolute Gasteiger partial charge is 0.508 e. The lowest BCUT2D eigenvalue weighted by Gasteiger charge is -2.49. The number of aromatic hydroxyl groups is 1. The molecule has 4 aliphatic rings. The average Bonchev–Trinajstić information content (AvgIpc) is 3.38. The minimum absolute atomic E-state index is 0.0405. The van der Waals surface area contributed by atoms with Crippen molar-refractivity contribution in [3.8, 4) is 11.5 Å². The Bertz CT molecular complexity index is 1830. The van der Waals surface area contributed by atoms with Gasteiger partial charge in [-0.15, -0.1) is 13.2 Å². The number of alkyl halides is 3. The minimum atomic E-state index is -5.02. The number of carbonyl (C=O) groups excluding carboxylic acids is 4. The second-order valence-corrected chi connectivity index (χ2v) is 13.2. The Kier molecular flexibility index (Phi) is 6.93. The molecule has 3 aromatic carbocycles. The van der Waals surface area contributed by atoms with Crippen LogP contribution in [0.2, 0.25) is 0 Å². The molecule has 0 aromatic heterocycles. The predicted molar refractivity (Wildman–Crippen MR) is 162 cm³/mol. The van der Waals surface area contributed by atoms with Crippen LogP contribution >= 0.6 is 15.9 Å². The largest absolute Gasteiger partial charge is 0.573 e. The zero-order chi connectivity index (χ0) is 32.7. The van der Waals surface area contributed by atoms with Crippen LogP contribution in [-0.4, -0.2) is 35.1 Å². The Morgan fingerprint density at radius 3 is 2.22 bits per heavy atom. The molecule has 236 valence electrons. The predicted octanol–water partition coefficient (Wildman–Crippen LogP) is 6.49. The fourth-order valence-corrected chi connectivity index (χ4v) is 8.25. The van der Waals surface area contributed by atoms with Gasteiger partial charge in [0, 0.05) is 16.0 Å². The molecule has 3 fully saturated rings. The lowest BCUT2D eigenvalue weighted by molar-refractivity contribution is -0.274. The van der Waals surface area contributed by atoms with Gasteiger partial charge in [0.25, 0.3) is 0 Å². The first kappa shape index (κ1) is 30.2. The molecule has 0 bridgehead atoms. The zero-order valence-electron chi connectivity index (χ0n) is 24.2. The molecule has 12 heteroatoms. The van der Waals surface area contributed by atoms with Gasteiger partial charge < -0.3 is 9.84 Å². The van der Waals surface area contributed by atoms with E-state index in [4.69, 9.17) is 0 Å². The Balaban J connectivity index is 1.38. The molecule has 2 aliphatic heterocycles. The number of rotatable bonds is 4. The SMILES string of the molecule is C[C@@]12C(=O)N(c3ccccc3)C(=O)[C@@H]1C[C@@H]1C(=CC[C@@H]3C(=O)N(c4ccc(Br)cc4)C(=O)[C@@H]31)[C@@H]2c1cc(OC(F)(F)F)ccc1O. The highest BCUT2D eigenvalue weighted by molar-refractivity contribution is 9.10. The molecule has 46 heavy (non-hydrogen) atoms. The molecule has 8 nitrogen and oxygen atoms in total. The number of amides is 4. The summed E-state index contributed by atoms with van der Waals surface area (Å²) in [4.78, 5) is 58.7. The van der Waals surface area contributed by atoms with Gasteiger partial charge in [0.05, 0.1) is 34.5 Å². The van der Waals surface area contributed by atoms with E-state index in [1.54, 1.807) is 67.6 Å². The summed E-state index contributed by atoms with van der Waals surface area (Å²) in [5, 5.41) is 11.1. The summed E-state index contributed by atoms with van der Waals surface area (Å²) in [6.07, 6.45) is -3.08. The van der Waals surface area contributed by atoms with Gasteiger partial charge in [0.1, 0.15) is 11.5 Å². The molecular weight excluding hydrogens is 669 g/mol. The molecule has 3 aromatic rings. The second-order valence-electron chi connectivity index (χ2n) is 12.3. The standard InChI is InChI=1S/C34H26BrF3N2O6/c1-33-25(30(43)40(32(33)45)18-5-3-2-4-6-18)16-23-21(28(33)24-15-20(11-14-26(24)41)46-34(36,37)38)12-13-22-27(23)31(44)39(29(22)42)19-9-7-17(35)8-10-19/h2-12,14-15,22-23,25,27-28,41H,13,16H2,1H3/t22-,23+,25-,27-,28+,33+/m0/s1. The van der Waals surface area contributed by atoms with Crippen molar-refractivity contribution in [2.24, 2.45) is 29.1 Å². The Hall–Kier alpha value is -4.45. The van der Waals surface area contributed by atoms with Crippen LogP contribution in [0.5, 0.6) is 11.5 Å². The van der Waals surface area contributed by atoms with E-state index in [1.807, 2.05) is 0 Å². The van der Waals surface area contributed by atoms with E-state index in [-0.39, 0.29) is 24.3 Å². The lowest BCUT2D eigenvalue weighted by atomic mass is 9.51. The monoisotopic (exact) mass is 694 g/mol. The number of benzene rings is 3. The Morgan fingerprint density at radius 2 is 1.54 bits per heavy atom. The lowest BCUT2D eigenvalue weighted by Crippen LogP contribution is -2.49. The molecule has 2 aliphatic carbocycles. The number of anilines is 2. The third-order valence-corrected chi connectivity index (χ3v) is 10.4. The average molecular weight is 695 g/mol. The first-order chi connectivity index (χ1) is 21.8. The van der Waals surface area contributed by atoms with Crippen molar-refractivity contribution in [1.29, 1.82) is 0 Å². The van der Waals surface area contributed by atoms with Crippen molar-refractivity contribution in [2.75, 3.05) is 9.80 Å². The van der Waals surface area contributed by atoms with E-state index in [9.17, 15) is 37.5 Å². The van der Waals surface area contributed by atoms with Crippen molar-refractivity contribution in [3.63, 3.8) is 0 Å². The number of phenols is 1. The highest BCUT2D eigenvalue weighted by Crippen LogP contribution is 2.64. The van der Waals surface area contributed by atoms with Gasteiger partial charge in [-0.05, 0) is 80.3 Å². The first-order valence-electron chi connectivity index (χ1n) is 14.7. The van der Waals surface area contributed by atoms with Crippen LogP contribution in [0.1, 0.15) is 31.2 Å². The molecule has 6 atom stereocenters. The summed E-state index contributed by atoms with van der Waals surface area (Å²) >= 11 is 3.36. The van der Waals surface area contributed by atoms with Crippen LogP contribution in [0.3, 0.4) is 0 Å². The molecule has 0 unspecified atom stereocenters. The van der Waals surface area contributed by atoms with Gasteiger partial charge in [0.2, 0.25) is 23.6 Å². The number of allylic oxidation sites excluding steroid dienone is 2. The van der Waals surface area contributed by atoms with Crippen LogP contribution in [0.4, 0.5) is 24.5 Å². The van der Waals surface area contributed by atoms with E-state index in [2.05, 4.69) is 20.7 Å². The molecular formula is C34H26BrF3N2O6. The number of halogens is 4. The molecule has 2 heterocycles. The summed E-state index contributed by atoms with van der Waals surface area (Å²) in [7, 11) is 0. The highest BCUT2D eigenvalue weighted by atomic mass is 79.9. The zero-order valence-corrected chi connectivity index (χ0v) is 25.8. The third kappa shape index (κ3) is 4.48. The summed E-state index contributed by atoms with van der Waals surface area (Å²) < 4.78 is 44.8. The summed E-state index contributed by atoms with van der Waals surface area (Å²) in [5.41, 5.74) is -0.347. The molecule has 0 radical (unpaired) electrons. The van der Waals surface area contributed by atoms with Crippen molar-refractivity contribution < 1.29 is 42.2 Å². The van der Waals surface area contributed by atoms with E-state index in [0.717, 1.165) is 32.5 Å². The van der Waals surface area contributed by atoms with Crippen LogP contribution in [0.25, 0.3) is 0 Å². The molecule has 1 N–H and O–H groups in total. The molecule has 2 saturated heterocycles. The number of ether oxygens (including phenoxy) is 1. The van der Waals surface area contributed by atoms with E-state index < -0.39 is 70.6 Å². The van der Waals surface area contributed by atoms with Crippen molar-refractivity contribution in [1.82, 2.24) is 0 Å². The van der Waals surface area contributed by atoms with Crippen molar-refractivity contribution >= 4 is 50.9 Å². The maximum Gasteiger partial charge on any atom is 0.573 e. The maximum atomic E-state index is 14.4. The fourth-order valence-electron chi connectivity index (χ4n) is 7.99. The summed E-state index contributed by atoms with van der Waals surface area (Å²) in [6, 6.07) is 18.1. The normalized spacial score (nSPS) is 29.0. The quantitative estimate of drug-likeness (QED) is 0.247. The van der Waals surface area contributed by atoms with Crippen LogP contribution in [0, 0.1) is 29.1 Å². The molecule has 1 saturated carbocycles. The third-order valence-electron chi connectivity index (χ3n) is 9.92. The number of hydrogen-bond acceptors (Lipinski definition) is 6. The van der Waals surface area contributed by atoms with E-state index in [0.29, 0.717) is 16.9 Å². The number of nitrogens with zero attached hydrogens (tertiary/aromatic N) is 2. The number of para-hydroxylation sites is 1. The highest BCUT2D eigenvalue weighted by Gasteiger charge is 2.68. The van der Waals surface area contributed by atoms with E-state index in [1.165, 1.54) is 0 Å². The topological polar surface area (TPSA) is 104 Å². The van der Waals surface area contributed by atoms with Gasteiger partial charge in [-0.1, -0.05) is 45.8 Å². The Morgan fingerprint density at radius 1 is 0.870 bits per heavy atom. The van der Waals surface area contributed by atoms with Gasteiger partial charge in [-0.25, -0.2) is 4.90 Å². The van der Waals surface area contributed by atoms with E-state index >= 15 is 0 Å². The van der Waals surface area contributed by atoms with Crippen LogP contribution in [-0.2, 0) is 19.2 Å². The summed E-state index contributed by atoms with van der Waals surface area (Å²) in [5.74, 6) is -7.39. The number of fused-ring (bicyclic) bond motifs is 4. The van der Waals surface area contributed by atoms with Crippen molar-refractivity contribution in [2.45, 2.75) is 32.0 Å². The van der Waals surface area contributed by atoms with Gasteiger partial charge in [-0.3, -0.25) is 24.1 Å². The Labute approximate surface area is 269 Å².